The van der Waals surface area contributed by atoms with Crippen LogP contribution in [0.4, 0.5) is 0 Å². The highest BCUT2D eigenvalue weighted by molar-refractivity contribution is 5.93. The predicted molar refractivity (Wildman–Crippen MR) is 147 cm³/mol. The Bertz CT molecular complexity index is 1070. The Kier molecular flexibility index (Phi) is 9.08. The summed E-state index contributed by atoms with van der Waals surface area (Å²) in [6, 6.07) is 26.5. The van der Waals surface area contributed by atoms with Gasteiger partial charge in [0.25, 0.3) is 0 Å². The van der Waals surface area contributed by atoms with Gasteiger partial charge in [-0.3, -0.25) is 4.79 Å². The number of methoxy groups -OCH3 is 1. The highest BCUT2D eigenvalue weighted by Gasteiger charge is 2.41. The number of benzene rings is 3. The smallest absolute Gasteiger partial charge is 0.187 e. The van der Waals surface area contributed by atoms with E-state index < -0.39 is 5.60 Å². The van der Waals surface area contributed by atoms with Crippen molar-refractivity contribution < 1.29 is 9.53 Å². The molecule has 1 aliphatic rings. The third-order valence-corrected chi connectivity index (χ3v) is 7.64. The second kappa shape index (κ2) is 12.4. The van der Waals surface area contributed by atoms with Crippen LogP contribution in [0.1, 0.15) is 53.0 Å². The fourth-order valence-electron chi connectivity index (χ4n) is 5.61. The van der Waals surface area contributed by atoms with Crippen LogP contribution in [0.2, 0.25) is 0 Å². The summed E-state index contributed by atoms with van der Waals surface area (Å²) < 4.78 is 5.99. The second-order valence-electron chi connectivity index (χ2n) is 10.0. The molecule has 4 rings (SSSR count). The zero-order valence-electron chi connectivity index (χ0n) is 22.0. The van der Waals surface area contributed by atoms with E-state index in [1.165, 1.54) is 29.5 Å². The van der Waals surface area contributed by atoms with Crippen LogP contribution >= 0.6 is 0 Å². The molecule has 1 N–H and O–H groups in total. The van der Waals surface area contributed by atoms with Crippen LogP contribution in [0.5, 0.6) is 0 Å². The topological polar surface area (TPSA) is 41.6 Å². The number of ether oxygens (including phenoxy) is 1. The molecule has 0 aliphatic carbocycles. The van der Waals surface area contributed by atoms with Crippen molar-refractivity contribution in [3.8, 4) is 0 Å². The van der Waals surface area contributed by atoms with Gasteiger partial charge in [-0.1, -0.05) is 84.4 Å². The van der Waals surface area contributed by atoms with Gasteiger partial charge in [0.1, 0.15) is 0 Å². The minimum Gasteiger partial charge on any atom is -0.361 e. The van der Waals surface area contributed by atoms with Gasteiger partial charge in [0.15, 0.2) is 11.4 Å². The number of hydrogen-bond donors (Lipinski definition) is 1. The van der Waals surface area contributed by atoms with Gasteiger partial charge in [0, 0.05) is 7.11 Å². The lowest BCUT2D eigenvalue weighted by Crippen LogP contribution is -2.44. The van der Waals surface area contributed by atoms with Gasteiger partial charge in [0.2, 0.25) is 0 Å². The van der Waals surface area contributed by atoms with Gasteiger partial charge in [0.05, 0.1) is 6.54 Å². The summed E-state index contributed by atoms with van der Waals surface area (Å²) in [6.45, 7) is 8.86. The number of likely N-dealkylation sites (tertiary alicyclic amines) is 1. The number of hydrogen-bond acceptors (Lipinski definition) is 4. The fourth-order valence-corrected chi connectivity index (χ4v) is 5.61. The Balaban J connectivity index is 1.27. The number of piperidine rings is 1. The SMILES string of the molecule is COC(C(=O)CNCCCN1CCC(c2cc(C)ccc2C)CC1)(c1ccccc1)c1ccccc1. The highest BCUT2D eigenvalue weighted by atomic mass is 16.5. The van der Waals surface area contributed by atoms with E-state index in [0.29, 0.717) is 5.92 Å². The molecule has 190 valence electrons. The Morgan fingerprint density at radius 1 is 0.944 bits per heavy atom. The molecule has 0 bridgehead atoms. The van der Waals surface area contributed by atoms with Crippen LogP contribution in [0.25, 0.3) is 0 Å². The lowest BCUT2D eigenvalue weighted by Gasteiger charge is -2.33. The van der Waals surface area contributed by atoms with Crippen molar-refractivity contribution in [3.63, 3.8) is 0 Å². The standard InChI is InChI=1S/C32H40N2O2/c1-25-15-16-26(2)30(23-25)27-17-21-34(22-18-27)20-10-19-33-24-31(35)32(36-3,28-11-6-4-7-12-28)29-13-8-5-9-14-29/h4-9,11-16,23,27,33H,10,17-22,24H2,1-3H3. The summed E-state index contributed by atoms with van der Waals surface area (Å²) in [5, 5.41) is 3.40. The van der Waals surface area contributed by atoms with E-state index in [9.17, 15) is 4.79 Å². The zero-order valence-corrected chi connectivity index (χ0v) is 22.0. The molecule has 1 fully saturated rings. The second-order valence-corrected chi connectivity index (χ2v) is 10.0. The number of rotatable bonds is 11. The van der Waals surface area contributed by atoms with Crippen molar-refractivity contribution in [1.29, 1.82) is 0 Å². The molecule has 1 saturated heterocycles. The van der Waals surface area contributed by atoms with E-state index in [4.69, 9.17) is 4.74 Å². The van der Waals surface area contributed by atoms with Crippen LogP contribution < -0.4 is 5.32 Å². The quantitative estimate of drug-likeness (QED) is 0.359. The molecule has 0 radical (unpaired) electrons. The largest absolute Gasteiger partial charge is 0.361 e. The first-order valence-electron chi connectivity index (χ1n) is 13.2. The molecule has 3 aromatic carbocycles. The maximum absolute atomic E-state index is 13.6. The van der Waals surface area contributed by atoms with Crippen molar-refractivity contribution in [3.05, 3.63) is 107 Å². The summed E-state index contributed by atoms with van der Waals surface area (Å²) in [4.78, 5) is 16.2. The van der Waals surface area contributed by atoms with Gasteiger partial charge in [-0.25, -0.2) is 0 Å². The molecule has 1 heterocycles. The maximum atomic E-state index is 13.6. The van der Waals surface area contributed by atoms with Crippen LogP contribution in [0, 0.1) is 13.8 Å². The molecule has 3 aromatic rings. The third kappa shape index (κ3) is 5.95. The number of nitrogens with zero attached hydrogens (tertiary/aromatic N) is 1. The molecule has 0 spiro atoms. The van der Waals surface area contributed by atoms with Gasteiger partial charge in [-0.2, -0.15) is 0 Å². The summed E-state index contributed by atoms with van der Waals surface area (Å²) in [5.41, 5.74) is 4.93. The maximum Gasteiger partial charge on any atom is 0.187 e. The number of carbonyl (C=O) groups excluding carboxylic acids is 1. The van der Waals surface area contributed by atoms with Crippen molar-refractivity contribution in [2.75, 3.05) is 39.8 Å². The minimum absolute atomic E-state index is 0.0248. The van der Waals surface area contributed by atoms with E-state index >= 15 is 0 Å². The van der Waals surface area contributed by atoms with E-state index in [1.807, 2.05) is 60.7 Å². The number of ketones is 1. The van der Waals surface area contributed by atoms with Crippen molar-refractivity contribution in [2.45, 2.75) is 44.6 Å². The molecule has 0 atom stereocenters. The first kappa shape index (κ1) is 26.3. The minimum atomic E-state index is -1.11. The third-order valence-electron chi connectivity index (χ3n) is 7.64. The van der Waals surface area contributed by atoms with Gasteiger partial charge >= 0.3 is 0 Å². The molecule has 0 unspecified atom stereocenters. The summed E-state index contributed by atoms with van der Waals surface area (Å²) in [7, 11) is 1.62. The van der Waals surface area contributed by atoms with E-state index in [0.717, 1.165) is 43.7 Å². The number of carbonyl (C=O) groups is 1. The molecule has 4 heteroatoms. The number of nitrogens with one attached hydrogen (secondary N) is 1. The Morgan fingerprint density at radius 2 is 1.56 bits per heavy atom. The van der Waals surface area contributed by atoms with Crippen molar-refractivity contribution >= 4 is 5.78 Å². The molecule has 1 aliphatic heterocycles. The van der Waals surface area contributed by atoms with Gasteiger partial charge < -0.3 is 15.0 Å². The summed E-state index contributed by atoms with van der Waals surface area (Å²) in [5.74, 6) is 0.701. The number of Topliss-reactive ketones (excluding diaryl/α,β-unsaturated/α-hetero) is 1. The van der Waals surface area contributed by atoms with Crippen LogP contribution in [0.15, 0.2) is 78.9 Å². The van der Waals surface area contributed by atoms with Gasteiger partial charge in [-0.15, -0.1) is 0 Å². The Morgan fingerprint density at radius 3 is 2.14 bits per heavy atom. The molecular formula is C32H40N2O2. The molecule has 0 aromatic heterocycles. The van der Waals surface area contributed by atoms with E-state index in [-0.39, 0.29) is 12.3 Å². The molecule has 0 amide bonds. The average Bonchev–Trinajstić information content (AvgIpc) is 2.92. The predicted octanol–water partition coefficient (Wildman–Crippen LogP) is 5.62. The van der Waals surface area contributed by atoms with E-state index in [2.05, 4.69) is 42.3 Å². The number of aryl methyl sites for hydroxylation is 2. The Labute approximate surface area is 216 Å². The normalized spacial score (nSPS) is 15.2. The zero-order chi connectivity index (χ0) is 25.4. The van der Waals surface area contributed by atoms with E-state index in [1.54, 1.807) is 7.11 Å². The fraction of sp³-hybridized carbons (Fsp3) is 0.406. The van der Waals surface area contributed by atoms with Crippen LogP contribution in [0.3, 0.4) is 0 Å². The lowest BCUT2D eigenvalue weighted by molar-refractivity contribution is -0.136. The molecule has 0 saturated carbocycles. The van der Waals surface area contributed by atoms with Crippen LogP contribution in [-0.2, 0) is 15.1 Å². The van der Waals surface area contributed by atoms with Crippen molar-refractivity contribution in [1.82, 2.24) is 10.2 Å². The first-order chi connectivity index (χ1) is 17.5. The monoisotopic (exact) mass is 484 g/mol. The average molecular weight is 485 g/mol. The van der Waals surface area contributed by atoms with Gasteiger partial charge in [-0.05, 0) is 87.5 Å². The molecule has 36 heavy (non-hydrogen) atoms. The molecule has 4 nitrogen and oxygen atoms in total. The summed E-state index contributed by atoms with van der Waals surface area (Å²) >= 11 is 0. The Hall–Kier alpha value is -2.79. The first-order valence-corrected chi connectivity index (χ1v) is 13.2. The van der Waals surface area contributed by atoms with Crippen molar-refractivity contribution in [2.24, 2.45) is 0 Å². The van der Waals surface area contributed by atoms with Crippen LogP contribution in [-0.4, -0.2) is 50.5 Å². The lowest BCUT2D eigenvalue weighted by atomic mass is 9.82. The summed E-state index contributed by atoms with van der Waals surface area (Å²) in [6.07, 6.45) is 3.47. The highest BCUT2D eigenvalue weighted by Crippen LogP contribution is 2.34. The molecular weight excluding hydrogens is 444 g/mol.